The molecule has 0 aromatic rings. The van der Waals surface area contributed by atoms with Crippen molar-refractivity contribution in [3.8, 4) is 0 Å². The van der Waals surface area contributed by atoms with Crippen LogP contribution in [0.2, 0.25) is 0 Å². The predicted molar refractivity (Wildman–Crippen MR) is 59.6 cm³/mol. The number of hydrogen-bond acceptors (Lipinski definition) is 2. The van der Waals surface area contributed by atoms with Gasteiger partial charge in [0, 0.05) is 6.67 Å². The van der Waals surface area contributed by atoms with Crippen molar-refractivity contribution in [3.05, 3.63) is 0 Å². The van der Waals surface area contributed by atoms with Crippen molar-refractivity contribution in [2.24, 2.45) is 11.7 Å². The summed E-state index contributed by atoms with van der Waals surface area (Å²) >= 11 is 0. The summed E-state index contributed by atoms with van der Waals surface area (Å²) in [6.45, 7) is 6.31. The number of hydrogen-bond donors (Lipinski definition) is 2. The summed E-state index contributed by atoms with van der Waals surface area (Å²) < 4.78 is 0. The van der Waals surface area contributed by atoms with Crippen LogP contribution in [0, 0.1) is 5.92 Å². The lowest BCUT2D eigenvalue weighted by molar-refractivity contribution is 0.443. The molecule has 2 nitrogen and oxygen atoms in total. The molecular weight excluding hydrogens is 160 g/mol. The lowest BCUT2D eigenvalue weighted by atomic mass is 9.98. The molecule has 0 bridgehead atoms. The molecule has 0 aromatic carbocycles. The van der Waals surface area contributed by atoms with Gasteiger partial charge in [0.25, 0.3) is 0 Å². The standard InChI is InChI=1S/C11H26N2/c1-3-4-5-7-11(2)8-6-9-13-10-12/h11,13H,3-10,12H2,1-2H3. The van der Waals surface area contributed by atoms with E-state index in [1.54, 1.807) is 0 Å². The summed E-state index contributed by atoms with van der Waals surface area (Å²) in [5.74, 6) is 0.895. The number of rotatable bonds is 9. The molecule has 1 atom stereocenters. The highest BCUT2D eigenvalue weighted by Gasteiger charge is 2.00. The minimum atomic E-state index is 0.615. The van der Waals surface area contributed by atoms with E-state index in [4.69, 9.17) is 5.73 Å². The Balaban J connectivity index is 3.05. The van der Waals surface area contributed by atoms with Crippen LogP contribution in [0.3, 0.4) is 0 Å². The molecule has 0 aliphatic heterocycles. The van der Waals surface area contributed by atoms with E-state index in [1.165, 1.54) is 38.5 Å². The topological polar surface area (TPSA) is 38.0 Å². The molecule has 0 aliphatic carbocycles. The normalized spacial score (nSPS) is 13.2. The Bertz CT molecular complexity index is 94.1. The maximum absolute atomic E-state index is 5.33. The van der Waals surface area contributed by atoms with Crippen LogP contribution < -0.4 is 11.1 Å². The fraction of sp³-hybridized carbons (Fsp3) is 1.00. The van der Waals surface area contributed by atoms with E-state index in [9.17, 15) is 0 Å². The van der Waals surface area contributed by atoms with Gasteiger partial charge < -0.3 is 11.1 Å². The Labute approximate surface area is 83.3 Å². The minimum Gasteiger partial charge on any atom is -0.318 e. The predicted octanol–water partition coefficient (Wildman–Crippen LogP) is 2.49. The summed E-state index contributed by atoms with van der Waals surface area (Å²) in [6, 6.07) is 0. The van der Waals surface area contributed by atoms with Crippen molar-refractivity contribution in [2.45, 2.75) is 52.4 Å². The summed E-state index contributed by atoms with van der Waals surface area (Å²) in [5, 5.41) is 3.15. The van der Waals surface area contributed by atoms with Crippen molar-refractivity contribution >= 4 is 0 Å². The molecule has 2 heteroatoms. The molecule has 0 aliphatic rings. The van der Waals surface area contributed by atoms with E-state index in [0.717, 1.165) is 12.5 Å². The van der Waals surface area contributed by atoms with Gasteiger partial charge in [-0.1, -0.05) is 39.5 Å². The zero-order valence-electron chi connectivity index (χ0n) is 9.31. The summed E-state index contributed by atoms with van der Waals surface area (Å²) in [5.41, 5.74) is 5.33. The minimum absolute atomic E-state index is 0.615. The Kier molecular flexibility index (Phi) is 9.94. The average molecular weight is 186 g/mol. The van der Waals surface area contributed by atoms with Gasteiger partial charge in [0.05, 0.1) is 0 Å². The first-order chi connectivity index (χ1) is 6.31. The van der Waals surface area contributed by atoms with Gasteiger partial charge in [-0.05, 0) is 25.3 Å². The smallest absolute Gasteiger partial charge is 0.0428 e. The van der Waals surface area contributed by atoms with Gasteiger partial charge in [0.2, 0.25) is 0 Å². The van der Waals surface area contributed by atoms with E-state index >= 15 is 0 Å². The second-order valence-corrected chi connectivity index (χ2v) is 3.95. The van der Waals surface area contributed by atoms with Crippen molar-refractivity contribution in [1.29, 1.82) is 0 Å². The van der Waals surface area contributed by atoms with E-state index < -0.39 is 0 Å². The molecule has 0 heterocycles. The fourth-order valence-corrected chi connectivity index (χ4v) is 1.56. The monoisotopic (exact) mass is 186 g/mol. The molecule has 0 rings (SSSR count). The number of nitrogens with one attached hydrogen (secondary N) is 1. The van der Waals surface area contributed by atoms with E-state index in [0.29, 0.717) is 6.67 Å². The molecule has 13 heavy (non-hydrogen) atoms. The highest BCUT2D eigenvalue weighted by molar-refractivity contribution is 4.55. The quantitative estimate of drug-likeness (QED) is 0.429. The summed E-state index contributed by atoms with van der Waals surface area (Å²) in [4.78, 5) is 0. The molecule has 0 aromatic heterocycles. The largest absolute Gasteiger partial charge is 0.318 e. The maximum Gasteiger partial charge on any atom is 0.0428 e. The Morgan fingerprint density at radius 3 is 2.46 bits per heavy atom. The number of unbranched alkanes of at least 4 members (excludes halogenated alkanes) is 2. The molecule has 0 saturated heterocycles. The lowest BCUT2D eigenvalue weighted by Crippen LogP contribution is -2.23. The van der Waals surface area contributed by atoms with E-state index in [1.807, 2.05) is 0 Å². The summed E-state index contributed by atoms with van der Waals surface area (Å²) in [7, 11) is 0. The van der Waals surface area contributed by atoms with Crippen molar-refractivity contribution in [1.82, 2.24) is 5.32 Å². The molecular formula is C11H26N2. The van der Waals surface area contributed by atoms with Gasteiger partial charge in [-0.2, -0.15) is 0 Å². The third-order valence-corrected chi connectivity index (χ3v) is 2.50. The highest BCUT2D eigenvalue weighted by Crippen LogP contribution is 2.14. The SMILES string of the molecule is CCCCCC(C)CCCNCN. The van der Waals surface area contributed by atoms with Crippen molar-refractivity contribution in [3.63, 3.8) is 0 Å². The second-order valence-electron chi connectivity index (χ2n) is 3.95. The number of nitrogens with two attached hydrogens (primary N) is 1. The Hall–Kier alpha value is -0.0800. The van der Waals surface area contributed by atoms with Crippen molar-refractivity contribution < 1.29 is 0 Å². The third-order valence-electron chi connectivity index (χ3n) is 2.50. The molecule has 80 valence electrons. The molecule has 3 N–H and O–H groups in total. The fourth-order valence-electron chi connectivity index (χ4n) is 1.56. The van der Waals surface area contributed by atoms with E-state index in [-0.39, 0.29) is 0 Å². The van der Waals surface area contributed by atoms with Gasteiger partial charge >= 0.3 is 0 Å². The molecule has 0 fully saturated rings. The maximum atomic E-state index is 5.33. The average Bonchev–Trinajstić information content (AvgIpc) is 2.13. The van der Waals surface area contributed by atoms with Crippen LogP contribution in [-0.2, 0) is 0 Å². The van der Waals surface area contributed by atoms with Crippen LogP contribution in [-0.4, -0.2) is 13.2 Å². The van der Waals surface area contributed by atoms with Gasteiger partial charge in [-0.15, -0.1) is 0 Å². The second kappa shape index (κ2) is 10.0. The van der Waals surface area contributed by atoms with Gasteiger partial charge in [0.15, 0.2) is 0 Å². The molecule has 0 amide bonds. The van der Waals surface area contributed by atoms with Gasteiger partial charge in [-0.3, -0.25) is 0 Å². The molecule has 0 saturated carbocycles. The van der Waals surface area contributed by atoms with Gasteiger partial charge in [0.1, 0.15) is 0 Å². The molecule has 0 radical (unpaired) electrons. The van der Waals surface area contributed by atoms with Crippen LogP contribution in [0.1, 0.15) is 52.4 Å². The zero-order chi connectivity index (χ0) is 9.94. The lowest BCUT2D eigenvalue weighted by Gasteiger charge is -2.10. The van der Waals surface area contributed by atoms with E-state index in [2.05, 4.69) is 19.2 Å². The highest BCUT2D eigenvalue weighted by atomic mass is 14.9. The molecule has 1 unspecified atom stereocenters. The van der Waals surface area contributed by atoms with Crippen LogP contribution in [0.25, 0.3) is 0 Å². The first-order valence-corrected chi connectivity index (χ1v) is 5.72. The van der Waals surface area contributed by atoms with Crippen LogP contribution in [0.4, 0.5) is 0 Å². The molecule has 0 spiro atoms. The van der Waals surface area contributed by atoms with Crippen LogP contribution in [0.15, 0.2) is 0 Å². The first kappa shape index (κ1) is 12.9. The Morgan fingerprint density at radius 1 is 1.15 bits per heavy atom. The van der Waals surface area contributed by atoms with Crippen LogP contribution >= 0.6 is 0 Å². The first-order valence-electron chi connectivity index (χ1n) is 5.72. The third kappa shape index (κ3) is 9.84. The van der Waals surface area contributed by atoms with Gasteiger partial charge in [-0.25, -0.2) is 0 Å². The summed E-state index contributed by atoms with van der Waals surface area (Å²) in [6.07, 6.45) is 8.15. The van der Waals surface area contributed by atoms with Crippen molar-refractivity contribution in [2.75, 3.05) is 13.2 Å². The van der Waals surface area contributed by atoms with Crippen LogP contribution in [0.5, 0.6) is 0 Å². The zero-order valence-corrected chi connectivity index (χ0v) is 9.31. The Morgan fingerprint density at radius 2 is 1.85 bits per heavy atom.